The number of benzene rings is 1. The van der Waals surface area contributed by atoms with Crippen LogP contribution in [-0.2, 0) is 4.74 Å². The molecule has 1 aliphatic rings. The molecule has 21 heavy (non-hydrogen) atoms. The SMILES string of the molecule is CC(C)C1CCCCN1CCCOC(=O)c1ccccc1. The average molecular weight is 289 g/mol. The summed E-state index contributed by atoms with van der Waals surface area (Å²) >= 11 is 0. The standard InChI is InChI=1S/C18H27NO2/c1-15(2)17-11-6-7-12-19(17)13-8-14-21-18(20)16-9-4-3-5-10-16/h3-5,9-10,15,17H,6-8,11-14H2,1-2H3. The van der Waals surface area contributed by atoms with Crippen molar-refractivity contribution in [2.24, 2.45) is 5.92 Å². The fourth-order valence-electron chi connectivity index (χ4n) is 3.14. The van der Waals surface area contributed by atoms with E-state index in [-0.39, 0.29) is 5.97 Å². The Morgan fingerprint density at radius 1 is 1.29 bits per heavy atom. The highest BCUT2D eigenvalue weighted by atomic mass is 16.5. The molecule has 0 amide bonds. The maximum absolute atomic E-state index is 11.8. The summed E-state index contributed by atoms with van der Waals surface area (Å²) in [5, 5.41) is 0. The summed E-state index contributed by atoms with van der Waals surface area (Å²) in [4.78, 5) is 14.4. The van der Waals surface area contributed by atoms with Crippen molar-refractivity contribution in [3.8, 4) is 0 Å². The molecule has 0 aliphatic carbocycles. The van der Waals surface area contributed by atoms with Gasteiger partial charge in [0, 0.05) is 12.6 Å². The highest BCUT2D eigenvalue weighted by Gasteiger charge is 2.24. The lowest BCUT2D eigenvalue weighted by molar-refractivity contribution is 0.0458. The van der Waals surface area contributed by atoms with Gasteiger partial charge in [0.25, 0.3) is 0 Å². The minimum atomic E-state index is -0.213. The third kappa shape index (κ3) is 4.85. The first kappa shape index (κ1) is 16.0. The number of likely N-dealkylation sites (tertiary alicyclic amines) is 1. The fraction of sp³-hybridized carbons (Fsp3) is 0.611. The van der Waals surface area contributed by atoms with Crippen LogP contribution in [0, 0.1) is 5.92 Å². The van der Waals surface area contributed by atoms with E-state index in [1.165, 1.54) is 25.8 Å². The van der Waals surface area contributed by atoms with Gasteiger partial charge in [-0.3, -0.25) is 0 Å². The van der Waals surface area contributed by atoms with Crippen LogP contribution in [0.3, 0.4) is 0 Å². The van der Waals surface area contributed by atoms with Crippen LogP contribution in [0.15, 0.2) is 30.3 Å². The van der Waals surface area contributed by atoms with Crippen molar-refractivity contribution >= 4 is 5.97 Å². The van der Waals surface area contributed by atoms with Crippen molar-refractivity contribution in [1.29, 1.82) is 0 Å². The number of ether oxygens (including phenoxy) is 1. The second kappa shape index (κ2) is 8.18. The van der Waals surface area contributed by atoms with Crippen LogP contribution >= 0.6 is 0 Å². The molecule has 0 bridgehead atoms. The number of hydrogen-bond acceptors (Lipinski definition) is 3. The van der Waals surface area contributed by atoms with Crippen LogP contribution in [0.4, 0.5) is 0 Å². The Kier molecular flexibility index (Phi) is 6.24. The normalized spacial score (nSPS) is 19.7. The predicted molar refractivity (Wildman–Crippen MR) is 85.4 cm³/mol. The van der Waals surface area contributed by atoms with Gasteiger partial charge in [-0.1, -0.05) is 38.5 Å². The molecule has 1 atom stereocenters. The number of carbonyl (C=O) groups excluding carboxylic acids is 1. The van der Waals surface area contributed by atoms with Gasteiger partial charge in [-0.25, -0.2) is 4.79 Å². The van der Waals surface area contributed by atoms with Crippen LogP contribution in [0.5, 0.6) is 0 Å². The zero-order valence-electron chi connectivity index (χ0n) is 13.3. The summed E-state index contributed by atoms with van der Waals surface area (Å²) in [5.41, 5.74) is 0.635. The Labute approximate surface area is 128 Å². The monoisotopic (exact) mass is 289 g/mol. The van der Waals surface area contributed by atoms with Crippen molar-refractivity contribution in [3.05, 3.63) is 35.9 Å². The summed E-state index contributed by atoms with van der Waals surface area (Å²) in [6.45, 7) is 7.34. The van der Waals surface area contributed by atoms with Crippen LogP contribution in [0.25, 0.3) is 0 Å². The molecule has 1 aromatic carbocycles. The highest BCUT2D eigenvalue weighted by molar-refractivity contribution is 5.89. The molecule has 1 aromatic rings. The van der Waals surface area contributed by atoms with E-state index >= 15 is 0 Å². The molecule has 3 nitrogen and oxygen atoms in total. The van der Waals surface area contributed by atoms with Crippen LogP contribution in [0.1, 0.15) is 49.9 Å². The Morgan fingerprint density at radius 3 is 2.76 bits per heavy atom. The second-order valence-electron chi connectivity index (χ2n) is 6.20. The maximum Gasteiger partial charge on any atom is 0.338 e. The molecular formula is C18H27NO2. The zero-order valence-corrected chi connectivity index (χ0v) is 13.3. The lowest BCUT2D eigenvalue weighted by Gasteiger charge is -2.38. The van der Waals surface area contributed by atoms with E-state index in [9.17, 15) is 4.79 Å². The van der Waals surface area contributed by atoms with Crippen LogP contribution < -0.4 is 0 Å². The first-order chi connectivity index (χ1) is 10.2. The van der Waals surface area contributed by atoms with Crippen molar-refractivity contribution in [3.63, 3.8) is 0 Å². The molecule has 0 aromatic heterocycles. The lowest BCUT2D eigenvalue weighted by Crippen LogP contribution is -2.43. The molecule has 1 aliphatic heterocycles. The van der Waals surface area contributed by atoms with Gasteiger partial charge >= 0.3 is 5.97 Å². The number of piperidine rings is 1. The van der Waals surface area contributed by atoms with Gasteiger partial charge in [0.1, 0.15) is 0 Å². The van der Waals surface area contributed by atoms with Gasteiger partial charge in [0.15, 0.2) is 0 Å². The minimum Gasteiger partial charge on any atom is -0.462 e. The summed E-state index contributed by atoms with van der Waals surface area (Å²) < 4.78 is 5.35. The van der Waals surface area contributed by atoms with E-state index in [2.05, 4.69) is 18.7 Å². The first-order valence-corrected chi connectivity index (χ1v) is 8.14. The molecular weight excluding hydrogens is 262 g/mol. The lowest BCUT2D eigenvalue weighted by atomic mass is 9.93. The van der Waals surface area contributed by atoms with Gasteiger partial charge in [-0.05, 0) is 43.9 Å². The maximum atomic E-state index is 11.8. The molecule has 1 heterocycles. The van der Waals surface area contributed by atoms with E-state index in [1.54, 1.807) is 12.1 Å². The number of rotatable bonds is 6. The third-order valence-corrected chi connectivity index (χ3v) is 4.27. The van der Waals surface area contributed by atoms with Crippen molar-refractivity contribution < 1.29 is 9.53 Å². The Morgan fingerprint density at radius 2 is 2.05 bits per heavy atom. The van der Waals surface area contributed by atoms with E-state index < -0.39 is 0 Å². The number of esters is 1. The average Bonchev–Trinajstić information content (AvgIpc) is 2.52. The van der Waals surface area contributed by atoms with Crippen molar-refractivity contribution in [2.45, 2.75) is 45.6 Å². The number of nitrogens with zero attached hydrogens (tertiary/aromatic N) is 1. The largest absolute Gasteiger partial charge is 0.462 e. The third-order valence-electron chi connectivity index (χ3n) is 4.27. The summed E-state index contributed by atoms with van der Waals surface area (Å²) in [6, 6.07) is 9.90. The smallest absolute Gasteiger partial charge is 0.338 e. The van der Waals surface area contributed by atoms with E-state index in [0.29, 0.717) is 24.1 Å². The molecule has 1 saturated heterocycles. The molecule has 3 heteroatoms. The van der Waals surface area contributed by atoms with Crippen molar-refractivity contribution in [1.82, 2.24) is 4.90 Å². The predicted octanol–water partition coefficient (Wildman–Crippen LogP) is 3.74. The van der Waals surface area contributed by atoms with Gasteiger partial charge in [-0.15, -0.1) is 0 Å². The molecule has 0 spiro atoms. The van der Waals surface area contributed by atoms with Gasteiger partial charge in [0.05, 0.1) is 12.2 Å². The zero-order chi connectivity index (χ0) is 15.1. The Bertz CT molecular complexity index is 430. The summed E-state index contributed by atoms with van der Waals surface area (Å²) in [5.74, 6) is 0.492. The van der Waals surface area contributed by atoms with Gasteiger partial charge in [0.2, 0.25) is 0 Å². The topological polar surface area (TPSA) is 29.5 Å². The van der Waals surface area contributed by atoms with E-state index in [1.807, 2.05) is 18.2 Å². The van der Waals surface area contributed by atoms with Gasteiger partial charge < -0.3 is 9.64 Å². The first-order valence-electron chi connectivity index (χ1n) is 8.14. The Hall–Kier alpha value is -1.35. The van der Waals surface area contributed by atoms with Gasteiger partial charge in [-0.2, -0.15) is 0 Å². The molecule has 2 rings (SSSR count). The van der Waals surface area contributed by atoms with Crippen LogP contribution in [-0.4, -0.2) is 36.6 Å². The fourth-order valence-corrected chi connectivity index (χ4v) is 3.14. The highest BCUT2D eigenvalue weighted by Crippen LogP contribution is 2.23. The second-order valence-corrected chi connectivity index (χ2v) is 6.20. The number of carbonyl (C=O) groups is 1. The Balaban J connectivity index is 1.70. The summed E-state index contributed by atoms with van der Waals surface area (Å²) in [6.07, 6.45) is 4.87. The number of hydrogen-bond donors (Lipinski definition) is 0. The van der Waals surface area contributed by atoms with E-state index in [4.69, 9.17) is 4.74 Å². The van der Waals surface area contributed by atoms with Crippen molar-refractivity contribution in [2.75, 3.05) is 19.7 Å². The van der Waals surface area contributed by atoms with E-state index in [0.717, 1.165) is 13.0 Å². The molecule has 0 saturated carbocycles. The quantitative estimate of drug-likeness (QED) is 0.590. The van der Waals surface area contributed by atoms with Crippen LogP contribution in [0.2, 0.25) is 0 Å². The molecule has 0 N–H and O–H groups in total. The molecule has 1 unspecified atom stereocenters. The molecule has 116 valence electrons. The minimum absolute atomic E-state index is 0.213. The molecule has 1 fully saturated rings. The summed E-state index contributed by atoms with van der Waals surface area (Å²) in [7, 11) is 0. The molecule has 0 radical (unpaired) electrons.